The van der Waals surface area contributed by atoms with E-state index in [9.17, 15) is 4.39 Å². The molecular formula is C16H15FN4O. The van der Waals surface area contributed by atoms with Gasteiger partial charge in [-0.25, -0.2) is 4.39 Å². The molecule has 0 bridgehead atoms. The summed E-state index contributed by atoms with van der Waals surface area (Å²) in [6, 6.07) is 11.7. The molecule has 112 valence electrons. The molecule has 1 aromatic heterocycles. The molecule has 3 rings (SSSR count). The van der Waals surface area contributed by atoms with Crippen LogP contribution in [0.25, 0.3) is 16.9 Å². The van der Waals surface area contributed by atoms with Crippen LogP contribution in [0.4, 0.5) is 10.2 Å². The Bertz CT molecular complexity index is 829. The van der Waals surface area contributed by atoms with Gasteiger partial charge >= 0.3 is 0 Å². The highest BCUT2D eigenvalue weighted by molar-refractivity contribution is 5.72. The Balaban J connectivity index is 2.05. The third-order valence-corrected chi connectivity index (χ3v) is 3.43. The Morgan fingerprint density at radius 1 is 1.18 bits per heavy atom. The Labute approximate surface area is 127 Å². The van der Waals surface area contributed by atoms with Crippen LogP contribution in [-0.4, -0.2) is 22.1 Å². The molecule has 0 saturated carbocycles. The van der Waals surface area contributed by atoms with Crippen molar-refractivity contribution in [3.8, 4) is 22.7 Å². The smallest absolute Gasteiger partial charge is 0.155 e. The van der Waals surface area contributed by atoms with Crippen molar-refractivity contribution < 1.29 is 9.13 Å². The summed E-state index contributed by atoms with van der Waals surface area (Å²) in [5.74, 6) is 0.796. The number of halogens is 1. The maximum Gasteiger partial charge on any atom is 0.155 e. The summed E-state index contributed by atoms with van der Waals surface area (Å²) in [5, 5.41) is 8.13. The van der Waals surface area contributed by atoms with Gasteiger partial charge in [-0.1, -0.05) is 11.3 Å². The SMILES string of the molecule is COc1ccc(-c2nnn(-c3cccc(F)c3)c2N)cc1C. The minimum atomic E-state index is -0.353. The van der Waals surface area contributed by atoms with E-state index in [1.807, 2.05) is 25.1 Å². The highest BCUT2D eigenvalue weighted by Gasteiger charge is 2.14. The molecular weight excluding hydrogens is 283 g/mol. The number of nitrogens with two attached hydrogens (primary N) is 1. The third kappa shape index (κ3) is 2.39. The topological polar surface area (TPSA) is 66.0 Å². The Hall–Kier alpha value is -2.89. The van der Waals surface area contributed by atoms with Crippen LogP contribution in [0, 0.1) is 12.7 Å². The maximum absolute atomic E-state index is 13.3. The van der Waals surface area contributed by atoms with Gasteiger partial charge in [0.1, 0.15) is 17.3 Å². The predicted octanol–water partition coefficient (Wildman–Crippen LogP) is 2.97. The molecule has 0 saturated heterocycles. The van der Waals surface area contributed by atoms with Crippen LogP contribution in [0.5, 0.6) is 5.75 Å². The van der Waals surface area contributed by atoms with Gasteiger partial charge < -0.3 is 10.5 Å². The molecule has 3 aromatic rings. The molecule has 0 spiro atoms. The van der Waals surface area contributed by atoms with E-state index in [2.05, 4.69) is 10.3 Å². The fraction of sp³-hybridized carbons (Fsp3) is 0.125. The van der Waals surface area contributed by atoms with Crippen molar-refractivity contribution in [3.05, 3.63) is 53.8 Å². The zero-order chi connectivity index (χ0) is 15.7. The summed E-state index contributed by atoms with van der Waals surface area (Å²) in [5.41, 5.74) is 9.01. The van der Waals surface area contributed by atoms with E-state index in [0.29, 0.717) is 17.2 Å². The first-order valence-electron chi connectivity index (χ1n) is 6.72. The molecule has 22 heavy (non-hydrogen) atoms. The first-order chi connectivity index (χ1) is 10.6. The zero-order valence-electron chi connectivity index (χ0n) is 12.2. The number of hydrogen-bond acceptors (Lipinski definition) is 4. The molecule has 5 nitrogen and oxygen atoms in total. The van der Waals surface area contributed by atoms with E-state index in [1.54, 1.807) is 19.2 Å². The lowest BCUT2D eigenvalue weighted by molar-refractivity contribution is 0.412. The first-order valence-corrected chi connectivity index (χ1v) is 6.72. The second kappa shape index (κ2) is 5.48. The van der Waals surface area contributed by atoms with Crippen molar-refractivity contribution in [2.45, 2.75) is 6.92 Å². The van der Waals surface area contributed by atoms with Crippen LogP contribution in [-0.2, 0) is 0 Å². The van der Waals surface area contributed by atoms with Crippen LogP contribution >= 0.6 is 0 Å². The Morgan fingerprint density at radius 2 is 2.00 bits per heavy atom. The third-order valence-electron chi connectivity index (χ3n) is 3.43. The molecule has 0 amide bonds. The number of hydrogen-bond donors (Lipinski definition) is 1. The lowest BCUT2D eigenvalue weighted by Crippen LogP contribution is -2.02. The second-order valence-electron chi connectivity index (χ2n) is 4.90. The molecule has 1 heterocycles. The first kappa shape index (κ1) is 14.1. The van der Waals surface area contributed by atoms with E-state index in [4.69, 9.17) is 10.5 Å². The maximum atomic E-state index is 13.3. The number of rotatable bonds is 3. The molecule has 0 fully saturated rings. The number of aromatic nitrogens is 3. The van der Waals surface area contributed by atoms with Crippen molar-refractivity contribution in [2.75, 3.05) is 12.8 Å². The lowest BCUT2D eigenvalue weighted by atomic mass is 10.1. The van der Waals surface area contributed by atoms with Gasteiger partial charge in [0.25, 0.3) is 0 Å². The summed E-state index contributed by atoms with van der Waals surface area (Å²) in [6.45, 7) is 1.94. The molecule has 0 aliphatic heterocycles. The summed E-state index contributed by atoms with van der Waals surface area (Å²) >= 11 is 0. The lowest BCUT2D eigenvalue weighted by Gasteiger charge is -2.07. The quantitative estimate of drug-likeness (QED) is 0.807. The van der Waals surface area contributed by atoms with Crippen LogP contribution in [0.15, 0.2) is 42.5 Å². The normalized spacial score (nSPS) is 10.7. The summed E-state index contributed by atoms with van der Waals surface area (Å²) < 4.78 is 20.0. The van der Waals surface area contributed by atoms with E-state index >= 15 is 0 Å². The van der Waals surface area contributed by atoms with Crippen molar-refractivity contribution in [1.82, 2.24) is 15.0 Å². The van der Waals surface area contributed by atoms with E-state index in [-0.39, 0.29) is 5.82 Å². The molecule has 6 heteroatoms. The van der Waals surface area contributed by atoms with Gasteiger partial charge in [0.15, 0.2) is 5.82 Å². The summed E-state index contributed by atoms with van der Waals surface area (Å²) in [7, 11) is 1.62. The highest BCUT2D eigenvalue weighted by atomic mass is 19.1. The minimum absolute atomic E-state index is 0.353. The van der Waals surface area contributed by atoms with Crippen LogP contribution < -0.4 is 10.5 Å². The number of aryl methyl sites for hydroxylation is 1. The molecule has 0 aliphatic rings. The second-order valence-corrected chi connectivity index (χ2v) is 4.90. The van der Waals surface area contributed by atoms with E-state index < -0.39 is 0 Å². The van der Waals surface area contributed by atoms with Crippen molar-refractivity contribution in [2.24, 2.45) is 0 Å². The number of anilines is 1. The summed E-state index contributed by atoms with van der Waals surface area (Å²) in [6.07, 6.45) is 0. The van der Waals surface area contributed by atoms with Gasteiger partial charge in [-0.15, -0.1) is 5.10 Å². The van der Waals surface area contributed by atoms with Gasteiger partial charge in [-0.3, -0.25) is 0 Å². The van der Waals surface area contributed by atoms with Gasteiger partial charge in [-0.2, -0.15) is 4.68 Å². The number of nitrogens with zero attached hydrogens (tertiary/aromatic N) is 3. The zero-order valence-corrected chi connectivity index (χ0v) is 12.2. The van der Waals surface area contributed by atoms with E-state index in [1.165, 1.54) is 16.8 Å². The number of methoxy groups -OCH3 is 1. The fourth-order valence-corrected chi connectivity index (χ4v) is 2.32. The molecule has 2 N–H and O–H groups in total. The Kier molecular flexibility index (Phi) is 3.50. The number of nitrogen functional groups attached to an aromatic ring is 1. The monoisotopic (exact) mass is 298 g/mol. The number of ether oxygens (including phenoxy) is 1. The fourth-order valence-electron chi connectivity index (χ4n) is 2.32. The Morgan fingerprint density at radius 3 is 2.68 bits per heavy atom. The van der Waals surface area contributed by atoms with Gasteiger partial charge in [0, 0.05) is 5.56 Å². The van der Waals surface area contributed by atoms with Crippen LogP contribution in [0.1, 0.15) is 5.56 Å². The van der Waals surface area contributed by atoms with Crippen molar-refractivity contribution in [3.63, 3.8) is 0 Å². The molecule has 0 radical (unpaired) electrons. The van der Waals surface area contributed by atoms with Crippen LogP contribution in [0.3, 0.4) is 0 Å². The molecule has 2 aromatic carbocycles. The van der Waals surface area contributed by atoms with Gasteiger partial charge in [-0.05, 0) is 48.9 Å². The van der Waals surface area contributed by atoms with Crippen molar-refractivity contribution >= 4 is 5.82 Å². The van der Waals surface area contributed by atoms with Gasteiger partial charge in [0.05, 0.1) is 12.8 Å². The predicted molar refractivity (Wildman–Crippen MR) is 82.5 cm³/mol. The molecule has 0 aliphatic carbocycles. The molecule has 0 unspecified atom stereocenters. The minimum Gasteiger partial charge on any atom is -0.496 e. The van der Waals surface area contributed by atoms with Gasteiger partial charge in [0.2, 0.25) is 0 Å². The highest BCUT2D eigenvalue weighted by Crippen LogP contribution is 2.29. The number of benzene rings is 2. The van der Waals surface area contributed by atoms with Crippen LogP contribution in [0.2, 0.25) is 0 Å². The summed E-state index contributed by atoms with van der Waals surface area (Å²) in [4.78, 5) is 0. The van der Waals surface area contributed by atoms with Crippen molar-refractivity contribution in [1.29, 1.82) is 0 Å². The average Bonchev–Trinajstić information content (AvgIpc) is 2.89. The largest absolute Gasteiger partial charge is 0.496 e. The molecule has 0 atom stereocenters. The average molecular weight is 298 g/mol. The van der Waals surface area contributed by atoms with E-state index in [0.717, 1.165) is 16.9 Å². The standard InChI is InChI=1S/C16H15FN4O/c1-10-8-11(6-7-14(10)22-2)15-16(18)21(20-19-15)13-5-3-4-12(17)9-13/h3-9H,18H2,1-2H3.